The quantitative estimate of drug-likeness (QED) is 0.670. The van der Waals surface area contributed by atoms with E-state index >= 15 is 0 Å². The van der Waals surface area contributed by atoms with E-state index in [1.165, 1.54) is 11.8 Å². The first kappa shape index (κ1) is 17.1. The van der Waals surface area contributed by atoms with Crippen molar-refractivity contribution in [3.63, 3.8) is 0 Å². The third-order valence-electron chi connectivity index (χ3n) is 4.38. The van der Waals surface area contributed by atoms with Crippen LogP contribution < -0.4 is 5.69 Å². The van der Waals surface area contributed by atoms with Crippen LogP contribution in [0.25, 0.3) is 11.5 Å². The average Bonchev–Trinajstić information content (AvgIpc) is 3.38. The second-order valence-electron chi connectivity index (χ2n) is 6.23. The number of aromatic nitrogens is 4. The molecule has 1 aromatic carbocycles. The highest BCUT2D eigenvalue weighted by atomic mass is 32.2. The molecular formula is C18H20N4O3S. The molecule has 1 fully saturated rings. The highest BCUT2D eigenvalue weighted by Crippen LogP contribution is 2.26. The van der Waals surface area contributed by atoms with Gasteiger partial charge in [-0.2, -0.15) is 0 Å². The van der Waals surface area contributed by atoms with Crippen molar-refractivity contribution < 1.29 is 9.15 Å². The van der Waals surface area contributed by atoms with Gasteiger partial charge in [0, 0.05) is 17.9 Å². The second kappa shape index (κ2) is 7.51. The van der Waals surface area contributed by atoms with Crippen LogP contribution in [0, 0.1) is 6.92 Å². The SMILES string of the molecule is Cc1oc(-c2ccccc2)nc1CSc1n[nH]c(=O)n1C[C@@H]1CCCO1. The zero-order valence-corrected chi connectivity index (χ0v) is 15.3. The van der Waals surface area contributed by atoms with Gasteiger partial charge in [0.15, 0.2) is 5.16 Å². The number of aryl methyl sites for hydroxylation is 1. The first-order chi connectivity index (χ1) is 12.7. The Labute approximate surface area is 154 Å². The van der Waals surface area contributed by atoms with Gasteiger partial charge >= 0.3 is 5.69 Å². The molecule has 1 saturated heterocycles. The second-order valence-corrected chi connectivity index (χ2v) is 7.18. The normalized spacial score (nSPS) is 17.0. The summed E-state index contributed by atoms with van der Waals surface area (Å²) in [6.45, 7) is 3.20. The van der Waals surface area contributed by atoms with Gasteiger partial charge in [0.2, 0.25) is 5.89 Å². The van der Waals surface area contributed by atoms with E-state index in [2.05, 4.69) is 15.2 Å². The smallest absolute Gasteiger partial charge is 0.344 e. The number of rotatable bonds is 6. The molecule has 136 valence electrons. The molecule has 1 aliphatic rings. The number of nitrogens with one attached hydrogen (secondary N) is 1. The van der Waals surface area contributed by atoms with E-state index in [-0.39, 0.29) is 11.8 Å². The Bertz CT molecular complexity index is 926. The van der Waals surface area contributed by atoms with Crippen molar-refractivity contribution in [1.82, 2.24) is 19.7 Å². The highest BCUT2D eigenvalue weighted by molar-refractivity contribution is 7.98. The van der Waals surface area contributed by atoms with Gasteiger partial charge in [-0.3, -0.25) is 4.57 Å². The lowest BCUT2D eigenvalue weighted by Gasteiger charge is -2.10. The Hall–Kier alpha value is -2.32. The Balaban J connectivity index is 1.48. The van der Waals surface area contributed by atoms with Gasteiger partial charge in [0.05, 0.1) is 18.3 Å². The molecule has 3 aromatic rings. The monoisotopic (exact) mass is 372 g/mol. The molecule has 0 radical (unpaired) electrons. The molecule has 4 rings (SSSR count). The first-order valence-electron chi connectivity index (χ1n) is 8.62. The maximum Gasteiger partial charge on any atom is 0.344 e. The highest BCUT2D eigenvalue weighted by Gasteiger charge is 2.20. The molecular weight excluding hydrogens is 352 g/mol. The molecule has 0 bridgehead atoms. The zero-order chi connectivity index (χ0) is 17.9. The number of aromatic amines is 1. The van der Waals surface area contributed by atoms with Gasteiger partial charge in [-0.25, -0.2) is 14.9 Å². The van der Waals surface area contributed by atoms with Crippen LogP contribution in [-0.2, 0) is 17.0 Å². The minimum atomic E-state index is -0.204. The molecule has 0 saturated carbocycles. The van der Waals surface area contributed by atoms with Gasteiger partial charge in [0.1, 0.15) is 5.76 Å². The van der Waals surface area contributed by atoms with E-state index in [9.17, 15) is 4.79 Å². The molecule has 2 aromatic heterocycles. The van der Waals surface area contributed by atoms with Crippen molar-refractivity contribution in [3.05, 3.63) is 52.3 Å². The summed E-state index contributed by atoms with van der Waals surface area (Å²) in [5.41, 5.74) is 1.60. The van der Waals surface area contributed by atoms with Crippen LogP contribution in [-0.4, -0.2) is 32.5 Å². The summed E-state index contributed by atoms with van der Waals surface area (Å²) in [5, 5.41) is 7.32. The predicted octanol–water partition coefficient (Wildman–Crippen LogP) is 3.01. The fraction of sp³-hybridized carbons (Fsp3) is 0.389. The first-order valence-corrected chi connectivity index (χ1v) is 9.60. The summed E-state index contributed by atoms with van der Waals surface area (Å²) in [6, 6.07) is 9.80. The number of ether oxygens (including phenoxy) is 1. The summed E-state index contributed by atoms with van der Waals surface area (Å²) in [4.78, 5) is 16.6. The number of thioether (sulfide) groups is 1. The van der Waals surface area contributed by atoms with E-state index < -0.39 is 0 Å². The molecule has 0 amide bonds. The average molecular weight is 372 g/mol. The number of H-pyrrole nitrogens is 1. The number of hydrogen-bond acceptors (Lipinski definition) is 6. The molecule has 1 atom stereocenters. The third kappa shape index (κ3) is 3.61. The third-order valence-corrected chi connectivity index (χ3v) is 5.37. The van der Waals surface area contributed by atoms with E-state index in [4.69, 9.17) is 9.15 Å². The van der Waals surface area contributed by atoms with Gasteiger partial charge in [0.25, 0.3) is 0 Å². The van der Waals surface area contributed by atoms with Crippen molar-refractivity contribution in [3.8, 4) is 11.5 Å². The molecule has 0 spiro atoms. The number of nitrogens with zero attached hydrogens (tertiary/aromatic N) is 3. The molecule has 0 unspecified atom stereocenters. The molecule has 7 nitrogen and oxygen atoms in total. The standard InChI is InChI=1S/C18H20N4O3S/c1-12-15(19-16(25-12)13-6-3-2-4-7-13)11-26-18-21-20-17(23)22(18)10-14-8-5-9-24-14/h2-4,6-7,14H,5,8-11H2,1H3,(H,20,23)/t14-/m0/s1. The summed E-state index contributed by atoms with van der Waals surface area (Å²) in [6.07, 6.45) is 2.10. The van der Waals surface area contributed by atoms with Crippen molar-refractivity contribution in [2.24, 2.45) is 0 Å². The minimum absolute atomic E-state index is 0.0862. The van der Waals surface area contributed by atoms with Crippen LogP contribution in [0.2, 0.25) is 0 Å². The van der Waals surface area contributed by atoms with Crippen LogP contribution in [0.15, 0.2) is 44.7 Å². The lowest BCUT2D eigenvalue weighted by Crippen LogP contribution is -2.24. The Morgan fingerprint density at radius 3 is 2.96 bits per heavy atom. The van der Waals surface area contributed by atoms with E-state index in [1.807, 2.05) is 37.3 Å². The van der Waals surface area contributed by atoms with Gasteiger partial charge in [-0.15, -0.1) is 5.10 Å². The minimum Gasteiger partial charge on any atom is -0.441 e. The number of oxazole rings is 1. The lowest BCUT2D eigenvalue weighted by molar-refractivity contribution is 0.0941. The Morgan fingerprint density at radius 2 is 2.19 bits per heavy atom. The molecule has 1 N–H and O–H groups in total. The lowest BCUT2D eigenvalue weighted by atomic mass is 10.2. The van der Waals surface area contributed by atoms with Crippen LogP contribution in [0.1, 0.15) is 24.3 Å². The van der Waals surface area contributed by atoms with Crippen molar-refractivity contribution in [2.45, 2.75) is 43.3 Å². The van der Waals surface area contributed by atoms with Gasteiger partial charge < -0.3 is 9.15 Å². The summed E-state index contributed by atoms with van der Waals surface area (Å²) >= 11 is 1.47. The maximum absolute atomic E-state index is 12.0. The topological polar surface area (TPSA) is 85.9 Å². The summed E-state index contributed by atoms with van der Waals surface area (Å²) in [5.74, 6) is 1.97. The Kier molecular flexibility index (Phi) is 4.94. The van der Waals surface area contributed by atoms with Gasteiger partial charge in [-0.1, -0.05) is 30.0 Å². The molecule has 0 aliphatic carbocycles. The number of hydrogen-bond donors (Lipinski definition) is 1. The van der Waals surface area contributed by atoms with E-state index in [0.717, 1.165) is 36.5 Å². The van der Waals surface area contributed by atoms with Crippen molar-refractivity contribution in [1.29, 1.82) is 0 Å². The maximum atomic E-state index is 12.0. The zero-order valence-electron chi connectivity index (χ0n) is 14.5. The van der Waals surface area contributed by atoms with Crippen LogP contribution in [0.4, 0.5) is 0 Å². The predicted molar refractivity (Wildman–Crippen MR) is 98.1 cm³/mol. The van der Waals surface area contributed by atoms with Crippen LogP contribution in [0.3, 0.4) is 0 Å². The van der Waals surface area contributed by atoms with Crippen LogP contribution >= 0.6 is 11.8 Å². The molecule has 26 heavy (non-hydrogen) atoms. The fourth-order valence-electron chi connectivity index (χ4n) is 2.97. The molecule has 1 aliphatic heterocycles. The van der Waals surface area contributed by atoms with Crippen molar-refractivity contribution in [2.75, 3.05) is 6.61 Å². The summed E-state index contributed by atoms with van der Waals surface area (Å²) < 4.78 is 13.1. The summed E-state index contributed by atoms with van der Waals surface area (Å²) in [7, 11) is 0. The molecule has 3 heterocycles. The van der Waals surface area contributed by atoms with E-state index in [1.54, 1.807) is 4.57 Å². The number of benzene rings is 1. The Morgan fingerprint density at radius 1 is 1.35 bits per heavy atom. The van der Waals surface area contributed by atoms with Crippen LogP contribution in [0.5, 0.6) is 0 Å². The van der Waals surface area contributed by atoms with Gasteiger partial charge in [-0.05, 0) is 31.9 Å². The fourth-order valence-corrected chi connectivity index (χ4v) is 3.92. The largest absolute Gasteiger partial charge is 0.441 e. The molecule has 8 heteroatoms. The van der Waals surface area contributed by atoms with E-state index in [0.29, 0.717) is 23.3 Å². The van der Waals surface area contributed by atoms with Crippen molar-refractivity contribution >= 4 is 11.8 Å².